The summed E-state index contributed by atoms with van der Waals surface area (Å²) in [5.74, 6) is 0.899. The SMILES string of the molecule is CCN(Cc1ccc(N(C)C)cc1)C(=O)C(C)C1CNC1. The van der Waals surface area contributed by atoms with Gasteiger partial charge in [-0.05, 0) is 43.6 Å². The van der Waals surface area contributed by atoms with Gasteiger partial charge in [-0.25, -0.2) is 0 Å². The van der Waals surface area contributed by atoms with E-state index in [4.69, 9.17) is 0 Å². The number of hydrogen-bond donors (Lipinski definition) is 1. The Bertz CT molecular complexity index is 465. The fourth-order valence-corrected chi connectivity index (χ4v) is 2.62. The van der Waals surface area contributed by atoms with Gasteiger partial charge in [-0.1, -0.05) is 19.1 Å². The molecule has 21 heavy (non-hydrogen) atoms. The Morgan fingerprint density at radius 2 is 1.90 bits per heavy atom. The fourth-order valence-electron chi connectivity index (χ4n) is 2.62. The molecule has 1 unspecified atom stereocenters. The van der Waals surface area contributed by atoms with Gasteiger partial charge in [0.25, 0.3) is 0 Å². The summed E-state index contributed by atoms with van der Waals surface area (Å²) in [5.41, 5.74) is 2.37. The number of benzene rings is 1. The average molecular weight is 289 g/mol. The molecule has 1 atom stereocenters. The maximum atomic E-state index is 12.6. The number of nitrogens with one attached hydrogen (secondary N) is 1. The summed E-state index contributed by atoms with van der Waals surface area (Å²) in [7, 11) is 4.07. The van der Waals surface area contributed by atoms with E-state index >= 15 is 0 Å². The van der Waals surface area contributed by atoms with Crippen molar-refractivity contribution in [2.24, 2.45) is 11.8 Å². The molecule has 116 valence electrons. The molecule has 0 bridgehead atoms. The van der Waals surface area contributed by atoms with E-state index in [0.29, 0.717) is 12.5 Å². The van der Waals surface area contributed by atoms with Gasteiger partial charge in [0.2, 0.25) is 5.91 Å². The summed E-state index contributed by atoms with van der Waals surface area (Å²) >= 11 is 0. The molecule has 0 spiro atoms. The number of hydrogen-bond acceptors (Lipinski definition) is 3. The van der Waals surface area contributed by atoms with E-state index in [2.05, 4.69) is 48.3 Å². The van der Waals surface area contributed by atoms with Gasteiger partial charge in [0.05, 0.1) is 0 Å². The first kappa shape index (κ1) is 15.8. The van der Waals surface area contributed by atoms with Crippen molar-refractivity contribution in [3.8, 4) is 0 Å². The van der Waals surface area contributed by atoms with Crippen molar-refractivity contribution in [3.05, 3.63) is 29.8 Å². The Labute approximate surface area is 128 Å². The van der Waals surface area contributed by atoms with Crippen molar-refractivity contribution in [2.75, 3.05) is 38.6 Å². The quantitative estimate of drug-likeness (QED) is 0.869. The van der Waals surface area contributed by atoms with Crippen molar-refractivity contribution in [1.29, 1.82) is 0 Å². The van der Waals surface area contributed by atoms with Crippen molar-refractivity contribution in [3.63, 3.8) is 0 Å². The van der Waals surface area contributed by atoms with Crippen LogP contribution in [-0.4, -0.2) is 44.5 Å². The highest BCUT2D eigenvalue weighted by Crippen LogP contribution is 2.20. The monoisotopic (exact) mass is 289 g/mol. The Hall–Kier alpha value is -1.55. The van der Waals surface area contributed by atoms with Crippen LogP contribution in [0.3, 0.4) is 0 Å². The van der Waals surface area contributed by atoms with Gasteiger partial charge >= 0.3 is 0 Å². The van der Waals surface area contributed by atoms with Crippen LogP contribution in [0.15, 0.2) is 24.3 Å². The minimum Gasteiger partial charge on any atom is -0.378 e. The first-order valence-electron chi connectivity index (χ1n) is 7.78. The van der Waals surface area contributed by atoms with Gasteiger partial charge in [-0.15, -0.1) is 0 Å². The van der Waals surface area contributed by atoms with Crippen LogP contribution in [0.1, 0.15) is 19.4 Å². The van der Waals surface area contributed by atoms with Gasteiger partial charge < -0.3 is 15.1 Å². The average Bonchev–Trinajstić information content (AvgIpc) is 2.42. The van der Waals surface area contributed by atoms with E-state index in [0.717, 1.165) is 19.6 Å². The van der Waals surface area contributed by atoms with Gasteiger partial charge in [-0.2, -0.15) is 0 Å². The van der Waals surface area contributed by atoms with Crippen molar-refractivity contribution in [2.45, 2.75) is 20.4 Å². The van der Waals surface area contributed by atoms with Crippen LogP contribution < -0.4 is 10.2 Å². The highest BCUT2D eigenvalue weighted by molar-refractivity contribution is 5.79. The topological polar surface area (TPSA) is 35.6 Å². The van der Waals surface area contributed by atoms with E-state index in [1.807, 2.05) is 19.0 Å². The number of anilines is 1. The molecule has 1 fully saturated rings. The summed E-state index contributed by atoms with van der Waals surface area (Å²) in [6.07, 6.45) is 0. The van der Waals surface area contributed by atoms with Gasteiger partial charge in [0, 0.05) is 38.8 Å². The van der Waals surface area contributed by atoms with Crippen molar-refractivity contribution >= 4 is 11.6 Å². The number of rotatable bonds is 6. The molecule has 1 aliphatic heterocycles. The molecule has 1 amide bonds. The zero-order valence-electron chi connectivity index (χ0n) is 13.6. The lowest BCUT2D eigenvalue weighted by atomic mass is 9.88. The van der Waals surface area contributed by atoms with E-state index in [-0.39, 0.29) is 11.8 Å². The Balaban J connectivity index is 1.99. The van der Waals surface area contributed by atoms with Crippen LogP contribution in [0.5, 0.6) is 0 Å². The third-order valence-corrected chi connectivity index (χ3v) is 4.43. The molecular formula is C17H27N3O. The van der Waals surface area contributed by atoms with Crippen molar-refractivity contribution in [1.82, 2.24) is 10.2 Å². The maximum absolute atomic E-state index is 12.6. The van der Waals surface area contributed by atoms with E-state index in [9.17, 15) is 4.79 Å². The summed E-state index contributed by atoms with van der Waals surface area (Å²) in [6, 6.07) is 8.43. The number of carbonyl (C=O) groups is 1. The molecule has 4 heteroatoms. The normalized spacial score (nSPS) is 16.2. The largest absolute Gasteiger partial charge is 0.378 e. The molecule has 1 N–H and O–H groups in total. The molecule has 2 rings (SSSR count). The van der Waals surface area contributed by atoms with Crippen LogP contribution >= 0.6 is 0 Å². The minimum atomic E-state index is 0.118. The Kier molecular flexibility index (Phi) is 5.23. The van der Waals surface area contributed by atoms with E-state index in [1.54, 1.807) is 0 Å². The molecule has 1 aromatic rings. The summed E-state index contributed by atoms with van der Waals surface area (Å²) in [5, 5.41) is 3.25. The number of carbonyl (C=O) groups excluding carboxylic acids is 1. The minimum absolute atomic E-state index is 0.118. The zero-order chi connectivity index (χ0) is 15.4. The molecule has 1 saturated heterocycles. The molecule has 1 aromatic carbocycles. The molecule has 0 aliphatic carbocycles. The molecular weight excluding hydrogens is 262 g/mol. The number of nitrogens with zero attached hydrogens (tertiary/aromatic N) is 2. The summed E-state index contributed by atoms with van der Waals surface area (Å²) < 4.78 is 0. The Morgan fingerprint density at radius 3 is 2.33 bits per heavy atom. The molecule has 1 heterocycles. The van der Waals surface area contributed by atoms with E-state index < -0.39 is 0 Å². The lowest BCUT2D eigenvalue weighted by Crippen LogP contribution is -2.50. The highest BCUT2D eigenvalue weighted by atomic mass is 16.2. The predicted octanol–water partition coefficient (Wildman–Crippen LogP) is 1.96. The summed E-state index contributed by atoms with van der Waals surface area (Å²) in [4.78, 5) is 16.6. The van der Waals surface area contributed by atoms with Crippen LogP contribution in [0.2, 0.25) is 0 Å². The summed E-state index contributed by atoms with van der Waals surface area (Å²) in [6.45, 7) is 7.53. The molecule has 0 saturated carbocycles. The van der Waals surface area contributed by atoms with Crippen LogP contribution in [0.4, 0.5) is 5.69 Å². The lowest BCUT2D eigenvalue weighted by molar-refractivity contribution is -0.137. The highest BCUT2D eigenvalue weighted by Gasteiger charge is 2.31. The first-order chi connectivity index (χ1) is 10.0. The molecule has 0 aromatic heterocycles. The van der Waals surface area contributed by atoms with Crippen molar-refractivity contribution < 1.29 is 4.79 Å². The lowest BCUT2D eigenvalue weighted by Gasteiger charge is -2.34. The van der Waals surface area contributed by atoms with E-state index in [1.165, 1.54) is 11.3 Å². The fraction of sp³-hybridized carbons (Fsp3) is 0.588. The van der Waals surface area contributed by atoms with Crippen LogP contribution in [0.25, 0.3) is 0 Å². The molecule has 0 radical (unpaired) electrons. The molecule has 1 aliphatic rings. The predicted molar refractivity (Wildman–Crippen MR) is 87.4 cm³/mol. The maximum Gasteiger partial charge on any atom is 0.226 e. The standard InChI is InChI=1S/C17H27N3O/c1-5-20(17(21)13(2)15-10-18-11-15)12-14-6-8-16(9-7-14)19(3)4/h6-9,13,15,18H,5,10-12H2,1-4H3. The second-order valence-corrected chi connectivity index (χ2v) is 6.12. The third-order valence-electron chi connectivity index (χ3n) is 4.43. The first-order valence-corrected chi connectivity index (χ1v) is 7.78. The second kappa shape index (κ2) is 6.94. The third kappa shape index (κ3) is 3.76. The van der Waals surface area contributed by atoms with Crippen LogP contribution in [0, 0.1) is 11.8 Å². The number of amides is 1. The second-order valence-electron chi connectivity index (χ2n) is 6.12. The zero-order valence-corrected chi connectivity index (χ0v) is 13.6. The smallest absolute Gasteiger partial charge is 0.226 e. The Morgan fingerprint density at radius 1 is 1.29 bits per heavy atom. The van der Waals surface area contributed by atoms with Gasteiger partial charge in [-0.3, -0.25) is 4.79 Å². The molecule has 4 nitrogen and oxygen atoms in total. The van der Waals surface area contributed by atoms with Crippen LogP contribution in [-0.2, 0) is 11.3 Å². The van der Waals surface area contributed by atoms with Gasteiger partial charge in [0.1, 0.15) is 0 Å². The van der Waals surface area contributed by atoms with Gasteiger partial charge in [0.15, 0.2) is 0 Å².